The van der Waals surface area contributed by atoms with Gasteiger partial charge in [0.15, 0.2) is 5.69 Å². The number of aromatic carboxylic acids is 1. The molecule has 23 heavy (non-hydrogen) atoms. The smallest absolute Gasteiger partial charge is 0.356 e. The van der Waals surface area contributed by atoms with Gasteiger partial charge >= 0.3 is 5.97 Å². The molecule has 1 aromatic carbocycles. The number of hydrogen-bond donors (Lipinski definition) is 2. The first-order valence-electron chi connectivity index (χ1n) is 7.22. The summed E-state index contributed by atoms with van der Waals surface area (Å²) >= 11 is 0. The van der Waals surface area contributed by atoms with Gasteiger partial charge in [-0.25, -0.2) is 9.31 Å². The van der Waals surface area contributed by atoms with E-state index >= 15 is 0 Å². The third-order valence-electron chi connectivity index (χ3n) is 3.97. The lowest BCUT2D eigenvalue weighted by Gasteiger charge is -2.25. The van der Waals surface area contributed by atoms with Gasteiger partial charge < -0.3 is 14.8 Å². The number of para-hydroxylation sites is 1. The Labute approximate surface area is 130 Å². The van der Waals surface area contributed by atoms with Crippen LogP contribution >= 0.6 is 0 Å². The Morgan fingerprint density at radius 1 is 1.39 bits per heavy atom. The summed E-state index contributed by atoms with van der Waals surface area (Å²) in [5.41, 5.74) is 1.37. The molecule has 116 valence electrons. The molecule has 0 saturated heterocycles. The van der Waals surface area contributed by atoms with E-state index in [1.807, 2.05) is 24.3 Å². The number of carboxylic acids is 1. The maximum atomic E-state index is 12.2. The Bertz CT molecular complexity index is 973. The van der Waals surface area contributed by atoms with Gasteiger partial charge in [-0.15, -0.1) is 0 Å². The van der Waals surface area contributed by atoms with E-state index in [1.54, 1.807) is 6.20 Å². The Morgan fingerprint density at radius 2 is 2.22 bits per heavy atom. The molecule has 2 aromatic heterocycles. The van der Waals surface area contributed by atoms with Crippen LogP contribution in [0.4, 0.5) is 0 Å². The lowest BCUT2D eigenvalue weighted by atomic mass is 10.0. The molecule has 1 atom stereocenters. The van der Waals surface area contributed by atoms with Crippen LogP contribution in [0.5, 0.6) is 5.75 Å². The SMILES string of the molecule is O=C(O)c1cc2c(=O)[nH]c([C@H]3CCc4ccccc4O3)cn2n1. The second-order valence-corrected chi connectivity index (χ2v) is 5.46. The van der Waals surface area contributed by atoms with Crippen LogP contribution < -0.4 is 10.3 Å². The zero-order valence-corrected chi connectivity index (χ0v) is 12.0. The van der Waals surface area contributed by atoms with Gasteiger partial charge in [0, 0.05) is 6.07 Å². The zero-order valence-electron chi connectivity index (χ0n) is 12.0. The molecule has 1 aliphatic heterocycles. The van der Waals surface area contributed by atoms with E-state index in [1.165, 1.54) is 10.6 Å². The molecule has 7 nitrogen and oxygen atoms in total. The summed E-state index contributed by atoms with van der Waals surface area (Å²) in [6, 6.07) is 9.04. The van der Waals surface area contributed by atoms with Gasteiger partial charge in [-0.05, 0) is 24.5 Å². The van der Waals surface area contributed by atoms with E-state index in [0.29, 0.717) is 5.69 Å². The first-order chi connectivity index (χ1) is 11.1. The summed E-state index contributed by atoms with van der Waals surface area (Å²) in [7, 11) is 0. The number of rotatable bonds is 2. The van der Waals surface area contributed by atoms with Crippen LogP contribution in [0, 0.1) is 0 Å². The first kappa shape index (κ1) is 13.6. The quantitative estimate of drug-likeness (QED) is 0.752. The van der Waals surface area contributed by atoms with Crippen molar-refractivity contribution in [3.8, 4) is 5.75 Å². The predicted octanol–water partition coefficient (Wildman–Crippen LogP) is 1.79. The maximum Gasteiger partial charge on any atom is 0.356 e. The number of aromatic nitrogens is 3. The summed E-state index contributed by atoms with van der Waals surface area (Å²) in [6.45, 7) is 0. The van der Waals surface area contributed by atoms with Gasteiger partial charge in [-0.2, -0.15) is 5.10 Å². The number of hydrogen-bond acceptors (Lipinski definition) is 4. The van der Waals surface area contributed by atoms with Crippen molar-refractivity contribution in [3.63, 3.8) is 0 Å². The largest absolute Gasteiger partial charge is 0.484 e. The van der Waals surface area contributed by atoms with Crippen LogP contribution in [-0.4, -0.2) is 25.7 Å². The average molecular weight is 311 g/mol. The summed E-state index contributed by atoms with van der Waals surface area (Å²) in [6.07, 6.45) is 2.90. The topological polar surface area (TPSA) is 96.7 Å². The van der Waals surface area contributed by atoms with Crippen molar-refractivity contribution >= 4 is 11.5 Å². The van der Waals surface area contributed by atoms with E-state index in [9.17, 15) is 9.59 Å². The van der Waals surface area contributed by atoms with Gasteiger partial charge in [0.05, 0.1) is 11.9 Å². The normalized spacial score (nSPS) is 16.8. The number of ether oxygens (including phenoxy) is 1. The molecule has 3 aromatic rings. The van der Waals surface area contributed by atoms with Gasteiger partial charge in [0.2, 0.25) is 0 Å². The molecule has 0 amide bonds. The van der Waals surface area contributed by atoms with Crippen LogP contribution in [-0.2, 0) is 6.42 Å². The average Bonchev–Trinajstić information content (AvgIpc) is 2.99. The molecule has 7 heteroatoms. The fraction of sp³-hybridized carbons (Fsp3) is 0.188. The monoisotopic (exact) mass is 311 g/mol. The molecule has 2 N–H and O–H groups in total. The lowest BCUT2D eigenvalue weighted by Crippen LogP contribution is -2.21. The van der Waals surface area contributed by atoms with Crippen molar-refractivity contribution in [3.05, 3.63) is 63.8 Å². The summed E-state index contributed by atoms with van der Waals surface area (Å²) < 4.78 is 7.24. The van der Waals surface area contributed by atoms with Gasteiger partial charge in [0.1, 0.15) is 17.4 Å². The molecule has 0 aliphatic carbocycles. The van der Waals surface area contributed by atoms with Crippen molar-refractivity contribution in [2.24, 2.45) is 0 Å². The Morgan fingerprint density at radius 3 is 3.04 bits per heavy atom. The number of fused-ring (bicyclic) bond motifs is 2. The molecular weight excluding hydrogens is 298 g/mol. The molecule has 0 fully saturated rings. The van der Waals surface area contributed by atoms with Crippen molar-refractivity contribution in [2.45, 2.75) is 18.9 Å². The third kappa shape index (κ3) is 2.26. The van der Waals surface area contributed by atoms with Crippen molar-refractivity contribution < 1.29 is 14.6 Å². The number of nitrogens with zero attached hydrogens (tertiary/aromatic N) is 2. The highest BCUT2D eigenvalue weighted by atomic mass is 16.5. The molecular formula is C16H13N3O4. The number of nitrogens with one attached hydrogen (secondary N) is 1. The van der Waals surface area contributed by atoms with Gasteiger partial charge in [-0.3, -0.25) is 4.79 Å². The summed E-state index contributed by atoms with van der Waals surface area (Å²) in [5, 5.41) is 12.9. The van der Waals surface area contributed by atoms with Crippen LogP contribution in [0.25, 0.3) is 5.52 Å². The molecule has 0 bridgehead atoms. The molecule has 4 rings (SSSR count). The molecule has 0 spiro atoms. The fourth-order valence-electron chi connectivity index (χ4n) is 2.83. The van der Waals surface area contributed by atoms with Crippen LogP contribution in [0.15, 0.2) is 41.3 Å². The highest BCUT2D eigenvalue weighted by Gasteiger charge is 2.23. The molecule has 1 aliphatic rings. The highest BCUT2D eigenvalue weighted by Crippen LogP contribution is 2.33. The number of carbonyl (C=O) groups is 1. The van der Waals surface area contributed by atoms with E-state index in [0.717, 1.165) is 24.2 Å². The Hall–Kier alpha value is -3.09. The van der Waals surface area contributed by atoms with Crippen LogP contribution in [0.2, 0.25) is 0 Å². The maximum absolute atomic E-state index is 12.2. The van der Waals surface area contributed by atoms with Crippen LogP contribution in [0.3, 0.4) is 0 Å². The van der Waals surface area contributed by atoms with E-state index in [-0.39, 0.29) is 22.9 Å². The minimum atomic E-state index is -1.17. The Kier molecular flexibility index (Phi) is 2.94. The highest BCUT2D eigenvalue weighted by molar-refractivity contribution is 5.86. The number of aromatic amines is 1. The fourth-order valence-corrected chi connectivity index (χ4v) is 2.83. The van der Waals surface area contributed by atoms with Crippen LogP contribution in [0.1, 0.15) is 34.3 Å². The second-order valence-electron chi connectivity index (χ2n) is 5.46. The van der Waals surface area contributed by atoms with E-state index in [2.05, 4.69) is 10.1 Å². The minimum Gasteiger partial charge on any atom is -0.484 e. The number of aryl methyl sites for hydroxylation is 1. The van der Waals surface area contributed by atoms with Crippen molar-refractivity contribution in [2.75, 3.05) is 0 Å². The van der Waals surface area contributed by atoms with E-state index < -0.39 is 5.97 Å². The van der Waals surface area contributed by atoms with Gasteiger partial charge in [0.25, 0.3) is 5.56 Å². The number of H-pyrrole nitrogens is 1. The Balaban J connectivity index is 1.75. The van der Waals surface area contributed by atoms with Crippen molar-refractivity contribution in [1.82, 2.24) is 14.6 Å². The molecule has 0 saturated carbocycles. The standard InChI is InChI=1S/C16H13N3O4/c20-15-12-7-10(16(21)22)18-19(12)8-11(17-15)14-6-5-9-3-1-2-4-13(9)23-14/h1-4,7-8,14H,5-6H2,(H,17,20)(H,21,22)/t14-/m1/s1. The lowest BCUT2D eigenvalue weighted by molar-refractivity contribution is 0.0690. The van der Waals surface area contributed by atoms with E-state index in [4.69, 9.17) is 9.84 Å². The minimum absolute atomic E-state index is 0.164. The second kappa shape index (κ2) is 4.98. The predicted molar refractivity (Wildman–Crippen MR) is 80.9 cm³/mol. The number of benzene rings is 1. The zero-order chi connectivity index (χ0) is 16.0. The third-order valence-corrected chi connectivity index (χ3v) is 3.97. The molecule has 3 heterocycles. The molecule has 0 radical (unpaired) electrons. The summed E-state index contributed by atoms with van der Waals surface area (Å²) in [4.78, 5) is 25.9. The van der Waals surface area contributed by atoms with Crippen molar-refractivity contribution in [1.29, 1.82) is 0 Å². The van der Waals surface area contributed by atoms with Gasteiger partial charge in [-0.1, -0.05) is 18.2 Å². The number of carboxylic acid groups (broad SMARTS) is 1. The summed E-state index contributed by atoms with van der Waals surface area (Å²) in [5.74, 6) is -0.367. The first-order valence-corrected chi connectivity index (χ1v) is 7.22. The molecule has 0 unspecified atom stereocenters.